The Hall–Kier alpha value is -1.22. The maximum Gasteiger partial charge on any atom is 0.317 e. The van der Waals surface area contributed by atoms with Crippen LogP contribution in [0.2, 0.25) is 5.02 Å². The number of hydrogen-bond donors (Lipinski definition) is 1. The normalized spacial score (nSPS) is 15.5. The van der Waals surface area contributed by atoms with E-state index in [4.69, 9.17) is 11.6 Å². The highest BCUT2D eigenvalue weighted by Gasteiger charge is 2.15. The molecule has 0 spiro atoms. The van der Waals surface area contributed by atoms with E-state index < -0.39 is 0 Å². The standard InChI is InChI=1S/C14H19ClN2O/c15-13-6-4-12(5-7-13)8-9-16-14(18)17-10-2-1-3-11-17/h4-7H,1-3,8-11H2,(H,16,18). The van der Waals surface area contributed by atoms with Crippen LogP contribution in [0.4, 0.5) is 4.79 Å². The van der Waals surface area contributed by atoms with Crippen molar-refractivity contribution in [2.75, 3.05) is 19.6 Å². The van der Waals surface area contributed by atoms with Gasteiger partial charge in [0.2, 0.25) is 0 Å². The minimum atomic E-state index is 0.0728. The van der Waals surface area contributed by atoms with Crippen LogP contribution in [0.1, 0.15) is 24.8 Å². The van der Waals surface area contributed by atoms with E-state index in [2.05, 4.69) is 5.32 Å². The van der Waals surface area contributed by atoms with Gasteiger partial charge in [-0.1, -0.05) is 23.7 Å². The number of rotatable bonds is 3. The molecule has 1 aromatic rings. The Bertz CT molecular complexity index is 385. The van der Waals surface area contributed by atoms with Crippen molar-refractivity contribution in [2.24, 2.45) is 0 Å². The summed E-state index contributed by atoms with van der Waals surface area (Å²) in [7, 11) is 0. The van der Waals surface area contributed by atoms with Crippen molar-refractivity contribution in [3.05, 3.63) is 34.9 Å². The van der Waals surface area contributed by atoms with Crippen molar-refractivity contribution in [3.63, 3.8) is 0 Å². The van der Waals surface area contributed by atoms with Gasteiger partial charge in [-0.2, -0.15) is 0 Å². The number of amides is 2. The van der Waals surface area contributed by atoms with Crippen LogP contribution < -0.4 is 5.32 Å². The van der Waals surface area contributed by atoms with Crippen LogP contribution in [-0.2, 0) is 6.42 Å². The van der Waals surface area contributed by atoms with Gasteiger partial charge in [0.25, 0.3) is 0 Å². The molecule has 0 unspecified atom stereocenters. The zero-order valence-electron chi connectivity index (χ0n) is 10.5. The van der Waals surface area contributed by atoms with Crippen LogP contribution >= 0.6 is 11.6 Å². The molecular weight excluding hydrogens is 248 g/mol. The van der Waals surface area contributed by atoms with E-state index in [0.717, 1.165) is 37.4 Å². The molecule has 4 heteroatoms. The second-order valence-electron chi connectivity index (χ2n) is 4.66. The summed E-state index contributed by atoms with van der Waals surface area (Å²) in [6.07, 6.45) is 4.35. The molecule has 1 aromatic carbocycles. The lowest BCUT2D eigenvalue weighted by Crippen LogP contribution is -2.43. The Morgan fingerprint density at radius 3 is 2.50 bits per heavy atom. The quantitative estimate of drug-likeness (QED) is 0.896. The van der Waals surface area contributed by atoms with Crippen LogP contribution in [0.25, 0.3) is 0 Å². The monoisotopic (exact) mass is 266 g/mol. The van der Waals surface area contributed by atoms with Crippen molar-refractivity contribution in [1.29, 1.82) is 0 Å². The molecule has 0 aromatic heterocycles. The molecule has 0 aliphatic carbocycles. The first-order chi connectivity index (χ1) is 8.75. The Balaban J connectivity index is 1.71. The second-order valence-corrected chi connectivity index (χ2v) is 5.09. The Morgan fingerprint density at radius 2 is 1.83 bits per heavy atom. The summed E-state index contributed by atoms with van der Waals surface area (Å²) in [5.41, 5.74) is 1.19. The van der Waals surface area contributed by atoms with E-state index in [1.807, 2.05) is 29.2 Å². The lowest BCUT2D eigenvalue weighted by atomic mass is 10.1. The molecule has 2 rings (SSSR count). The molecule has 1 aliphatic rings. The van der Waals surface area contributed by atoms with Crippen LogP contribution in [0.15, 0.2) is 24.3 Å². The molecule has 0 atom stereocenters. The molecule has 0 bridgehead atoms. The highest BCUT2D eigenvalue weighted by Crippen LogP contribution is 2.10. The molecule has 98 valence electrons. The van der Waals surface area contributed by atoms with Crippen molar-refractivity contribution < 1.29 is 4.79 Å². The first-order valence-electron chi connectivity index (χ1n) is 6.53. The fourth-order valence-electron chi connectivity index (χ4n) is 2.17. The fraction of sp³-hybridized carbons (Fsp3) is 0.500. The van der Waals surface area contributed by atoms with E-state index in [1.165, 1.54) is 12.0 Å². The number of carbonyl (C=O) groups is 1. The van der Waals surface area contributed by atoms with Gasteiger partial charge in [0.15, 0.2) is 0 Å². The highest BCUT2D eigenvalue weighted by atomic mass is 35.5. The van der Waals surface area contributed by atoms with Crippen molar-refractivity contribution in [3.8, 4) is 0 Å². The van der Waals surface area contributed by atoms with Gasteiger partial charge in [0.1, 0.15) is 0 Å². The number of urea groups is 1. The molecule has 3 nitrogen and oxygen atoms in total. The average molecular weight is 267 g/mol. The van der Waals surface area contributed by atoms with E-state index in [9.17, 15) is 4.79 Å². The molecule has 2 amide bonds. The molecule has 1 N–H and O–H groups in total. The molecule has 0 radical (unpaired) electrons. The van der Waals surface area contributed by atoms with E-state index in [1.54, 1.807) is 0 Å². The van der Waals surface area contributed by atoms with Crippen LogP contribution in [0.3, 0.4) is 0 Å². The van der Waals surface area contributed by atoms with Gasteiger partial charge < -0.3 is 10.2 Å². The summed E-state index contributed by atoms with van der Waals surface area (Å²) in [4.78, 5) is 13.7. The third kappa shape index (κ3) is 3.91. The number of hydrogen-bond acceptors (Lipinski definition) is 1. The van der Waals surface area contributed by atoms with Gasteiger partial charge in [-0.15, -0.1) is 0 Å². The minimum absolute atomic E-state index is 0.0728. The van der Waals surface area contributed by atoms with Gasteiger partial charge in [0, 0.05) is 24.7 Å². The van der Waals surface area contributed by atoms with Gasteiger partial charge in [-0.25, -0.2) is 4.79 Å². The predicted molar refractivity (Wildman–Crippen MR) is 74.0 cm³/mol. The van der Waals surface area contributed by atoms with Crippen molar-refractivity contribution >= 4 is 17.6 Å². The minimum Gasteiger partial charge on any atom is -0.338 e. The van der Waals surface area contributed by atoms with Crippen LogP contribution in [0.5, 0.6) is 0 Å². The van der Waals surface area contributed by atoms with Gasteiger partial charge in [-0.3, -0.25) is 0 Å². The summed E-state index contributed by atoms with van der Waals surface area (Å²) in [5.74, 6) is 0. The molecule has 0 saturated carbocycles. The predicted octanol–water partition coefficient (Wildman–Crippen LogP) is 3.08. The molecule has 1 aliphatic heterocycles. The molecule has 1 saturated heterocycles. The van der Waals surface area contributed by atoms with Crippen LogP contribution in [-0.4, -0.2) is 30.6 Å². The van der Waals surface area contributed by atoms with E-state index in [0.29, 0.717) is 6.54 Å². The molecule has 1 fully saturated rings. The fourth-order valence-corrected chi connectivity index (χ4v) is 2.30. The number of nitrogens with one attached hydrogen (secondary N) is 1. The van der Waals surface area contributed by atoms with Crippen molar-refractivity contribution in [2.45, 2.75) is 25.7 Å². The van der Waals surface area contributed by atoms with Gasteiger partial charge >= 0.3 is 6.03 Å². The number of likely N-dealkylation sites (tertiary alicyclic amines) is 1. The summed E-state index contributed by atoms with van der Waals surface area (Å²) in [6, 6.07) is 7.82. The average Bonchev–Trinajstić information content (AvgIpc) is 2.42. The second kappa shape index (κ2) is 6.64. The van der Waals surface area contributed by atoms with Crippen molar-refractivity contribution in [1.82, 2.24) is 10.2 Å². The number of benzene rings is 1. The Morgan fingerprint density at radius 1 is 1.17 bits per heavy atom. The SMILES string of the molecule is O=C(NCCc1ccc(Cl)cc1)N1CCCCC1. The lowest BCUT2D eigenvalue weighted by molar-refractivity contribution is 0.186. The number of nitrogens with zero attached hydrogens (tertiary/aromatic N) is 1. The maximum absolute atomic E-state index is 11.8. The summed E-state index contributed by atoms with van der Waals surface area (Å²) in [6.45, 7) is 2.47. The zero-order chi connectivity index (χ0) is 12.8. The number of halogens is 1. The maximum atomic E-state index is 11.8. The topological polar surface area (TPSA) is 32.3 Å². The number of carbonyl (C=O) groups excluding carboxylic acids is 1. The zero-order valence-corrected chi connectivity index (χ0v) is 11.2. The largest absolute Gasteiger partial charge is 0.338 e. The smallest absolute Gasteiger partial charge is 0.317 e. The third-order valence-electron chi connectivity index (χ3n) is 3.25. The van der Waals surface area contributed by atoms with Gasteiger partial charge in [-0.05, 0) is 43.4 Å². The highest BCUT2D eigenvalue weighted by molar-refractivity contribution is 6.30. The molecular formula is C14H19ClN2O. The first-order valence-corrected chi connectivity index (χ1v) is 6.91. The Kier molecular flexibility index (Phi) is 4.88. The molecule has 1 heterocycles. The van der Waals surface area contributed by atoms with E-state index in [-0.39, 0.29) is 6.03 Å². The molecule has 18 heavy (non-hydrogen) atoms. The number of piperidine rings is 1. The van der Waals surface area contributed by atoms with E-state index >= 15 is 0 Å². The summed E-state index contributed by atoms with van der Waals surface area (Å²) in [5, 5.41) is 3.72. The first kappa shape index (κ1) is 13.2. The summed E-state index contributed by atoms with van der Waals surface area (Å²) >= 11 is 5.82. The third-order valence-corrected chi connectivity index (χ3v) is 3.50. The van der Waals surface area contributed by atoms with Crippen LogP contribution in [0, 0.1) is 0 Å². The Labute approximate surface area is 113 Å². The lowest BCUT2D eigenvalue weighted by Gasteiger charge is -2.26. The van der Waals surface area contributed by atoms with Gasteiger partial charge in [0.05, 0.1) is 0 Å². The summed E-state index contributed by atoms with van der Waals surface area (Å²) < 4.78 is 0.